The number of aliphatic hydroxyl groups is 1. The minimum atomic E-state index is -0.490. The summed E-state index contributed by atoms with van der Waals surface area (Å²) in [6, 6.07) is 9.77. The third kappa shape index (κ3) is 4.17. The van der Waals surface area contributed by atoms with E-state index in [4.69, 9.17) is 4.74 Å². The number of carbonyl (C=O) groups is 1. The number of hydrogen-bond donors (Lipinski definition) is 2. The van der Waals surface area contributed by atoms with Crippen molar-refractivity contribution in [1.82, 2.24) is 5.32 Å². The Morgan fingerprint density at radius 1 is 1.25 bits per heavy atom. The second kappa shape index (κ2) is 7.66. The molecule has 0 aromatic heterocycles. The highest BCUT2D eigenvalue weighted by molar-refractivity contribution is 5.76. The largest absolute Gasteiger partial charge is 0.388 e. The summed E-state index contributed by atoms with van der Waals surface area (Å²) in [5, 5.41) is 13.7. The highest BCUT2D eigenvalue weighted by Crippen LogP contribution is 2.54. The van der Waals surface area contributed by atoms with Crippen molar-refractivity contribution in [3.8, 4) is 0 Å². The molecule has 1 unspecified atom stereocenters. The summed E-state index contributed by atoms with van der Waals surface area (Å²) in [5.74, 6) is 0.605. The van der Waals surface area contributed by atoms with Gasteiger partial charge in [0.25, 0.3) is 0 Å². The molecule has 1 amide bonds. The Balaban J connectivity index is 1.44. The fourth-order valence-electron chi connectivity index (χ4n) is 3.88. The molecule has 132 valence electrons. The number of benzene rings is 1. The Kier molecular flexibility index (Phi) is 5.57. The molecule has 2 N–H and O–H groups in total. The van der Waals surface area contributed by atoms with Crippen LogP contribution >= 0.6 is 0 Å². The van der Waals surface area contributed by atoms with E-state index in [1.54, 1.807) is 7.11 Å². The van der Waals surface area contributed by atoms with E-state index in [0.29, 0.717) is 25.0 Å². The van der Waals surface area contributed by atoms with Crippen LogP contribution in [-0.2, 0) is 9.53 Å². The van der Waals surface area contributed by atoms with Gasteiger partial charge in [0.2, 0.25) is 5.91 Å². The standard InChI is InChI=1S/C20H29NO3/c1-24-17-9-7-15(8-10-17)13-18(22)21-14-20(11-12-20)19(23)16-5-3-2-4-6-16/h2-6,15,17,19,23H,7-14H2,1H3,(H,21,22). The SMILES string of the molecule is COC1CCC(CC(=O)NCC2(C(O)c3ccccc3)CC2)CC1. The number of rotatable bonds is 7. The molecule has 0 spiro atoms. The van der Waals surface area contributed by atoms with E-state index in [9.17, 15) is 9.90 Å². The minimum Gasteiger partial charge on any atom is -0.388 e. The lowest BCUT2D eigenvalue weighted by Crippen LogP contribution is -2.35. The van der Waals surface area contributed by atoms with Gasteiger partial charge in [0, 0.05) is 25.5 Å². The second-order valence-electron chi connectivity index (χ2n) is 7.53. The summed E-state index contributed by atoms with van der Waals surface area (Å²) in [6.07, 6.45) is 6.71. The van der Waals surface area contributed by atoms with Crippen molar-refractivity contribution in [2.45, 2.75) is 57.2 Å². The molecule has 3 rings (SSSR count). The summed E-state index contributed by atoms with van der Waals surface area (Å²) in [6.45, 7) is 0.579. The van der Waals surface area contributed by atoms with Crippen molar-refractivity contribution in [1.29, 1.82) is 0 Å². The van der Waals surface area contributed by atoms with Gasteiger partial charge in [-0.2, -0.15) is 0 Å². The van der Waals surface area contributed by atoms with Crippen molar-refractivity contribution in [3.63, 3.8) is 0 Å². The van der Waals surface area contributed by atoms with Gasteiger partial charge < -0.3 is 15.2 Å². The Hall–Kier alpha value is -1.39. The molecule has 0 aliphatic heterocycles. The first-order valence-electron chi connectivity index (χ1n) is 9.15. The molecule has 0 radical (unpaired) electrons. The lowest BCUT2D eigenvalue weighted by molar-refractivity contribution is -0.123. The molecule has 4 heteroatoms. The molecule has 2 aliphatic rings. The average Bonchev–Trinajstić information content (AvgIpc) is 3.42. The molecular weight excluding hydrogens is 302 g/mol. The normalized spacial score (nSPS) is 26.6. The predicted octanol–water partition coefficient (Wildman–Crippen LogP) is 3.21. The summed E-state index contributed by atoms with van der Waals surface area (Å²) in [5.41, 5.74) is 0.784. The van der Waals surface area contributed by atoms with E-state index < -0.39 is 6.10 Å². The van der Waals surface area contributed by atoms with Gasteiger partial charge >= 0.3 is 0 Å². The van der Waals surface area contributed by atoms with E-state index in [-0.39, 0.29) is 11.3 Å². The second-order valence-corrected chi connectivity index (χ2v) is 7.53. The van der Waals surface area contributed by atoms with Crippen molar-refractivity contribution >= 4 is 5.91 Å². The molecule has 2 aliphatic carbocycles. The highest BCUT2D eigenvalue weighted by atomic mass is 16.5. The average molecular weight is 331 g/mol. The van der Waals surface area contributed by atoms with Crippen LogP contribution in [0.4, 0.5) is 0 Å². The molecule has 0 bridgehead atoms. The molecule has 2 saturated carbocycles. The predicted molar refractivity (Wildman–Crippen MR) is 93.5 cm³/mol. The van der Waals surface area contributed by atoms with Crippen LogP contribution in [0.2, 0.25) is 0 Å². The third-order valence-corrected chi connectivity index (χ3v) is 5.83. The molecule has 0 saturated heterocycles. The van der Waals surface area contributed by atoms with Gasteiger partial charge in [-0.05, 0) is 50.0 Å². The van der Waals surface area contributed by atoms with Crippen LogP contribution in [-0.4, -0.2) is 30.8 Å². The molecule has 2 fully saturated rings. The maximum Gasteiger partial charge on any atom is 0.220 e. The fourth-order valence-corrected chi connectivity index (χ4v) is 3.88. The van der Waals surface area contributed by atoms with Crippen LogP contribution in [0.3, 0.4) is 0 Å². The van der Waals surface area contributed by atoms with Gasteiger partial charge in [-0.25, -0.2) is 0 Å². The zero-order chi connectivity index (χ0) is 17.0. The Labute approximate surface area is 144 Å². The molecule has 1 aromatic rings. The van der Waals surface area contributed by atoms with Gasteiger partial charge in [-0.1, -0.05) is 30.3 Å². The monoisotopic (exact) mass is 331 g/mol. The number of amides is 1. The highest BCUT2D eigenvalue weighted by Gasteiger charge is 2.49. The number of nitrogens with one attached hydrogen (secondary N) is 1. The Bertz CT molecular complexity index is 533. The summed E-state index contributed by atoms with van der Waals surface area (Å²) < 4.78 is 5.38. The van der Waals surface area contributed by atoms with Gasteiger partial charge in [0.15, 0.2) is 0 Å². The van der Waals surface area contributed by atoms with Crippen LogP contribution in [0.25, 0.3) is 0 Å². The zero-order valence-electron chi connectivity index (χ0n) is 14.5. The van der Waals surface area contributed by atoms with Gasteiger partial charge in [-0.3, -0.25) is 4.79 Å². The molecule has 4 nitrogen and oxygen atoms in total. The van der Waals surface area contributed by atoms with E-state index in [1.165, 1.54) is 0 Å². The number of aliphatic hydroxyl groups excluding tert-OH is 1. The lowest BCUT2D eigenvalue weighted by atomic mass is 9.85. The Morgan fingerprint density at radius 2 is 1.92 bits per heavy atom. The summed E-state index contributed by atoms with van der Waals surface area (Å²) >= 11 is 0. The summed E-state index contributed by atoms with van der Waals surface area (Å²) in [7, 11) is 1.77. The number of carbonyl (C=O) groups excluding carboxylic acids is 1. The van der Waals surface area contributed by atoms with Crippen LogP contribution in [0.5, 0.6) is 0 Å². The molecule has 24 heavy (non-hydrogen) atoms. The van der Waals surface area contributed by atoms with Crippen LogP contribution in [0.1, 0.15) is 56.6 Å². The van der Waals surface area contributed by atoms with E-state index in [0.717, 1.165) is 44.1 Å². The van der Waals surface area contributed by atoms with E-state index in [2.05, 4.69) is 5.32 Å². The lowest BCUT2D eigenvalue weighted by Gasteiger charge is -2.28. The van der Waals surface area contributed by atoms with Gasteiger partial charge in [-0.15, -0.1) is 0 Å². The quantitative estimate of drug-likeness (QED) is 0.806. The van der Waals surface area contributed by atoms with Crippen LogP contribution in [0.15, 0.2) is 30.3 Å². The van der Waals surface area contributed by atoms with Crippen LogP contribution < -0.4 is 5.32 Å². The number of ether oxygens (including phenoxy) is 1. The first-order chi connectivity index (χ1) is 11.6. The van der Waals surface area contributed by atoms with Gasteiger partial charge in [0.1, 0.15) is 0 Å². The Morgan fingerprint density at radius 3 is 2.50 bits per heavy atom. The third-order valence-electron chi connectivity index (χ3n) is 5.83. The number of methoxy groups -OCH3 is 1. The first kappa shape index (κ1) is 17.4. The fraction of sp³-hybridized carbons (Fsp3) is 0.650. The summed E-state index contributed by atoms with van der Waals surface area (Å²) in [4.78, 5) is 12.3. The van der Waals surface area contributed by atoms with Crippen molar-refractivity contribution < 1.29 is 14.6 Å². The number of hydrogen-bond acceptors (Lipinski definition) is 3. The minimum absolute atomic E-state index is 0.127. The molecular formula is C20H29NO3. The first-order valence-corrected chi connectivity index (χ1v) is 9.15. The maximum absolute atomic E-state index is 12.3. The van der Waals surface area contributed by atoms with Crippen molar-refractivity contribution in [2.75, 3.05) is 13.7 Å². The van der Waals surface area contributed by atoms with Crippen molar-refractivity contribution in [2.24, 2.45) is 11.3 Å². The topological polar surface area (TPSA) is 58.6 Å². The molecule has 1 aromatic carbocycles. The smallest absolute Gasteiger partial charge is 0.220 e. The maximum atomic E-state index is 12.3. The van der Waals surface area contributed by atoms with Crippen LogP contribution in [0, 0.1) is 11.3 Å². The van der Waals surface area contributed by atoms with Gasteiger partial charge in [0.05, 0.1) is 12.2 Å². The van der Waals surface area contributed by atoms with E-state index in [1.807, 2.05) is 30.3 Å². The molecule has 1 atom stereocenters. The van der Waals surface area contributed by atoms with E-state index >= 15 is 0 Å². The van der Waals surface area contributed by atoms with Crippen molar-refractivity contribution in [3.05, 3.63) is 35.9 Å². The zero-order valence-corrected chi connectivity index (χ0v) is 14.5. The molecule has 0 heterocycles.